The molecule has 2 atom stereocenters. The zero-order valence-corrected chi connectivity index (χ0v) is 17.3. The summed E-state index contributed by atoms with van der Waals surface area (Å²) < 4.78 is 36.7. The molecule has 0 heterocycles. The molecule has 0 fully saturated rings. The zero-order valence-electron chi connectivity index (χ0n) is 15.7. The van der Waals surface area contributed by atoms with Crippen molar-refractivity contribution >= 4 is 33.4 Å². The van der Waals surface area contributed by atoms with Gasteiger partial charge in [-0.3, -0.25) is 10.1 Å². The lowest BCUT2D eigenvalue weighted by Gasteiger charge is -2.24. The van der Waals surface area contributed by atoms with Gasteiger partial charge >= 0.3 is 5.97 Å². The van der Waals surface area contributed by atoms with Crippen molar-refractivity contribution < 1.29 is 22.7 Å². The summed E-state index contributed by atoms with van der Waals surface area (Å²) >= 11 is 4.84. The van der Waals surface area contributed by atoms with E-state index in [9.17, 15) is 13.2 Å². The highest BCUT2D eigenvalue weighted by molar-refractivity contribution is 7.91. The monoisotopic (exact) mass is 421 g/mol. The summed E-state index contributed by atoms with van der Waals surface area (Å²) in [6.45, 7) is 0. The number of benzene rings is 2. The summed E-state index contributed by atoms with van der Waals surface area (Å²) in [7, 11) is -1.07. The molecule has 6 nitrogen and oxygen atoms in total. The van der Waals surface area contributed by atoms with Crippen LogP contribution in [0.2, 0.25) is 0 Å². The number of carbonyl (C=O) groups is 1. The first-order valence-corrected chi connectivity index (χ1v) is 10.7. The summed E-state index contributed by atoms with van der Waals surface area (Å²) in [6.07, 6.45) is 0.795. The van der Waals surface area contributed by atoms with Crippen molar-refractivity contribution in [1.82, 2.24) is 5.32 Å². The van der Waals surface area contributed by atoms with Crippen molar-refractivity contribution in [1.29, 1.82) is 0 Å². The van der Waals surface area contributed by atoms with Crippen LogP contribution in [0.4, 0.5) is 0 Å². The highest BCUT2D eigenvalue weighted by atomic mass is 32.2. The maximum Gasteiger partial charge on any atom is 0.322 e. The molecule has 2 rings (SSSR count). The molecule has 28 heavy (non-hydrogen) atoms. The van der Waals surface area contributed by atoms with Crippen molar-refractivity contribution in [2.45, 2.75) is 29.2 Å². The SMILES string of the molecule is COC(=O)C(CCC=S)NC(c1ccccc1)S(=O)(=O)c1ccc(OC)cc1. The third-order valence-electron chi connectivity index (χ3n) is 4.21. The standard InChI is InChI=1S/C20H23NO5S2/c1-25-16-10-12-17(13-11-16)28(23,24)19(15-7-4-3-5-8-15)21-18(9-6-14-27)20(22)26-2/h3-5,7-8,10-14,18-19,21H,6,9H2,1-2H3. The second-order valence-electron chi connectivity index (χ2n) is 6.00. The Morgan fingerprint density at radius 3 is 2.29 bits per heavy atom. The summed E-state index contributed by atoms with van der Waals surface area (Å²) in [5.74, 6) is 0.0132. The minimum atomic E-state index is -3.85. The van der Waals surface area contributed by atoms with Crippen LogP contribution < -0.4 is 10.1 Å². The fraction of sp³-hybridized carbons (Fsp3) is 0.300. The van der Waals surface area contributed by atoms with Crippen LogP contribution in [-0.4, -0.2) is 40.0 Å². The van der Waals surface area contributed by atoms with E-state index in [1.165, 1.54) is 31.7 Å². The number of carbonyl (C=O) groups excluding carboxylic acids is 1. The van der Waals surface area contributed by atoms with E-state index < -0.39 is 27.2 Å². The van der Waals surface area contributed by atoms with Gasteiger partial charge in [-0.25, -0.2) is 8.42 Å². The molecule has 2 aromatic carbocycles. The fourth-order valence-electron chi connectivity index (χ4n) is 2.72. The number of sulfone groups is 1. The summed E-state index contributed by atoms with van der Waals surface area (Å²) in [5, 5.41) is 3.34. The minimum Gasteiger partial charge on any atom is -0.497 e. The van der Waals surface area contributed by atoms with Crippen LogP contribution in [0.25, 0.3) is 0 Å². The molecule has 0 spiro atoms. The van der Waals surface area contributed by atoms with E-state index in [1.54, 1.807) is 42.5 Å². The average Bonchev–Trinajstić information content (AvgIpc) is 2.73. The highest BCUT2D eigenvalue weighted by Crippen LogP contribution is 2.29. The number of hydrogen-bond donors (Lipinski definition) is 1. The van der Waals surface area contributed by atoms with Crippen LogP contribution in [0.1, 0.15) is 23.8 Å². The lowest BCUT2D eigenvalue weighted by Crippen LogP contribution is -2.42. The Morgan fingerprint density at radius 2 is 1.75 bits per heavy atom. The Balaban J connectivity index is 2.45. The number of hydrogen-bond acceptors (Lipinski definition) is 7. The smallest absolute Gasteiger partial charge is 0.322 e. The molecule has 0 saturated carbocycles. The predicted octanol–water partition coefficient (Wildman–Crippen LogP) is 3.08. The van der Waals surface area contributed by atoms with E-state index in [1.807, 2.05) is 0 Å². The molecule has 0 aliphatic heterocycles. The van der Waals surface area contributed by atoms with Gasteiger partial charge in [-0.15, -0.1) is 0 Å². The van der Waals surface area contributed by atoms with Gasteiger partial charge in [0.1, 0.15) is 17.2 Å². The zero-order chi connectivity index (χ0) is 20.6. The molecule has 2 unspecified atom stereocenters. The van der Waals surface area contributed by atoms with E-state index in [0.717, 1.165) is 0 Å². The molecule has 1 N–H and O–H groups in total. The van der Waals surface area contributed by atoms with E-state index >= 15 is 0 Å². The fourth-order valence-corrected chi connectivity index (χ4v) is 4.51. The van der Waals surface area contributed by atoms with Gasteiger partial charge in [0.2, 0.25) is 0 Å². The normalized spacial score (nSPS) is 13.4. The number of nitrogens with one attached hydrogen (secondary N) is 1. The molecule has 0 aromatic heterocycles. The highest BCUT2D eigenvalue weighted by Gasteiger charge is 2.33. The van der Waals surface area contributed by atoms with E-state index in [0.29, 0.717) is 24.2 Å². The van der Waals surface area contributed by atoms with Crippen molar-refractivity contribution in [3.8, 4) is 5.75 Å². The topological polar surface area (TPSA) is 81.7 Å². The Kier molecular flexibility index (Phi) is 8.10. The first-order valence-electron chi connectivity index (χ1n) is 8.64. The van der Waals surface area contributed by atoms with E-state index in [-0.39, 0.29) is 4.90 Å². The molecule has 0 amide bonds. The minimum absolute atomic E-state index is 0.119. The number of thiocarbonyl (C=S) groups is 1. The van der Waals surface area contributed by atoms with Gasteiger partial charge in [-0.05, 0) is 48.0 Å². The predicted molar refractivity (Wildman–Crippen MR) is 111 cm³/mol. The average molecular weight is 422 g/mol. The first-order chi connectivity index (χ1) is 13.4. The Morgan fingerprint density at radius 1 is 1.11 bits per heavy atom. The molecule has 0 saturated heterocycles. The van der Waals surface area contributed by atoms with Crippen molar-refractivity contribution in [2.24, 2.45) is 0 Å². The lowest BCUT2D eigenvalue weighted by molar-refractivity contribution is -0.143. The van der Waals surface area contributed by atoms with Gasteiger partial charge in [0.05, 0.1) is 19.1 Å². The quantitative estimate of drug-likeness (QED) is 0.466. The summed E-state index contributed by atoms with van der Waals surface area (Å²) in [5.41, 5.74) is 0.523. The third kappa shape index (κ3) is 5.37. The molecule has 0 aliphatic carbocycles. The lowest BCUT2D eigenvalue weighted by atomic mass is 10.1. The van der Waals surface area contributed by atoms with E-state index in [4.69, 9.17) is 21.7 Å². The van der Waals surface area contributed by atoms with Gasteiger partial charge < -0.3 is 9.47 Å². The Bertz CT molecular complexity index is 883. The third-order valence-corrected chi connectivity index (χ3v) is 6.41. The molecular formula is C20H23NO5S2. The van der Waals surface area contributed by atoms with E-state index in [2.05, 4.69) is 5.32 Å². The van der Waals surface area contributed by atoms with Crippen LogP contribution in [0.3, 0.4) is 0 Å². The van der Waals surface area contributed by atoms with Crippen LogP contribution in [-0.2, 0) is 19.4 Å². The van der Waals surface area contributed by atoms with Crippen LogP contribution in [0, 0.1) is 0 Å². The Labute approximate surface area is 170 Å². The summed E-state index contributed by atoms with van der Waals surface area (Å²) in [6, 6.07) is 14.0. The van der Waals surface area contributed by atoms with Gasteiger partial charge in [-0.1, -0.05) is 42.5 Å². The summed E-state index contributed by atoms with van der Waals surface area (Å²) in [4.78, 5) is 12.3. The maximum atomic E-state index is 13.4. The Hall–Kier alpha value is -2.29. The van der Waals surface area contributed by atoms with Crippen molar-refractivity contribution in [2.75, 3.05) is 14.2 Å². The largest absolute Gasteiger partial charge is 0.497 e. The molecular weight excluding hydrogens is 398 g/mol. The van der Waals surface area contributed by atoms with Crippen LogP contribution in [0.5, 0.6) is 5.75 Å². The second-order valence-corrected chi connectivity index (χ2v) is 8.36. The van der Waals surface area contributed by atoms with Crippen LogP contribution >= 0.6 is 12.2 Å². The number of esters is 1. The number of rotatable bonds is 10. The molecule has 8 heteroatoms. The van der Waals surface area contributed by atoms with Crippen molar-refractivity contribution in [3.63, 3.8) is 0 Å². The second kappa shape index (κ2) is 10.3. The van der Waals surface area contributed by atoms with Gasteiger partial charge in [0.25, 0.3) is 0 Å². The first kappa shape index (κ1) is 22.0. The molecule has 150 valence electrons. The van der Waals surface area contributed by atoms with Gasteiger partial charge in [-0.2, -0.15) is 0 Å². The van der Waals surface area contributed by atoms with Gasteiger partial charge in [0.15, 0.2) is 9.84 Å². The molecule has 0 bridgehead atoms. The number of methoxy groups -OCH3 is 2. The molecule has 2 aromatic rings. The molecule has 0 radical (unpaired) electrons. The maximum absolute atomic E-state index is 13.4. The molecule has 0 aliphatic rings. The van der Waals surface area contributed by atoms with Crippen LogP contribution in [0.15, 0.2) is 59.5 Å². The van der Waals surface area contributed by atoms with Crippen molar-refractivity contribution in [3.05, 3.63) is 60.2 Å². The van der Waals surface area contributed by atoms with Gasteiger partial charge in [0, 0.05) is 0 Å². The number of ether oxygens (including phenoxy) is 2.